The second kappa shape index (κ2) is 8.89. The fourth-order valence-corrected chi connectivity index (χ4v) is 4.79. The molecule has 1 N–H and O–H groups in total. The molecule has 150 valence electrons. The summed E-state index contributed by atoms with van der Waals surface area (Å²) in [6, 6.07) is 8.04. The number of carbonyl (C=O) groups excluding carboxylic acids is 1. The molecule has 1 aliphatic heterocycles. The second-order valence-electron chi connectivity index (χ2n) is 8.37. The van der Waals surface area contributed by atoms with Gasteiger partial charge in [0, 0.05) is 54.7 Å². The monoisotopic (exact) mass is 444 g/mol. The molecule has 0 atom stereocenters. The zero-order valence-corrected chi connectivity index (χ0v) is 18.1. The summed E-state index contributed by atoms with van der Waals surface area (Å²) in [5.41, 5.74) is 0. The molecular formula is C22H29BrN4O. The zero-order valence-electron chi connectivity index (χ0n) is 16.5. The maximum atomic E-state index is 12.7. The molecule has 1 saturated heterocycles. The van der Waals surface area contributed by atoms with Gasteiger partial charge < -0.3 is 15.1 Å². The lowest BCUT2D eigenvalue weighted by Crippen LogP contribution is -2.46. The third kappa shape index (κ3) is 4.91. The topological polar surface area (TPSA) is 48.5 Å². The van der Waals surface area contributed by atoms with Crippen LogP contribution in [0.2, 0.25) is 0 Å². The Hall–Kier alpha value is -1.50. The molecule has 2 aromatic rings. The van der Waals surface area contributed by atoms with Crippen LogP contribution in [0.1, 0.15) is 25.7 Å². The molecule has 2 heterocycles. The molecule has 1 saturated carbocycles. The lowest BCUT2D eigenvalue weighted by Gasteiger charge is -2.36. The van der Waals surface area contributed by atoms with E-state index in [1.54, 1.807) is 0 Å². The van der Waals surface area contributed by atoms with Gasteiger partial charge in [-0.25, -0.2) is 4.98 Å². The molecule has 28 heavy (non-hydrogen) atoms. The molecule has 2 fully saturated rings. The summed E-state index contributed by atoms with van der Waals surface area (Å²) in [6.07, 6.45) is 6.11. The Bertz CT molecular complexity index is 826. The Morgan fingerprint density at radius 3 is 2.61 bits per heavy atom. The number of hydrogen-bond donors (Lipinski definition) is 1. The third-order valence-electron chi connectivity index (χ3n) is 6.26. The Kier molecular flexibility index (Phi) is 6.28. The van der Waals surface area contributed by atoms with Crippen molar-refractivity contribution < 1.29 is 4.79 Å². The lowest BCUT2D eigenvalue weighted by atomic mass is 9.81. The van der Waals surface area contributed by atoms with Gasteiger partial charge in [0.25, 0.3) is 0 Å². The Labute approximate surface area is 175 Å². The van der Waals surface area contributed by atoms with Gasteiger partial charge >= 0.3 is 0 Å². The number of halogens is 1. The van der Waals surface area contributed by atoms with Crippen LogP contribution >= 0.6 is 15.9 Å². The van der Waals surface area contributed by atoms with E-state index in [1.807, 2.05) is 24.4 Å². The number of rotatable bonds is 4. The van der Waals surface area contributed by atoms with Crippen molar-refractivity contribution in [3.8, 4) is 0 Å². The molecule has 0 unspecified atom stereocenters. The van der Waals surface area contributed by atoms with E-state index in [-0.39, 0.29) is 11.8 Å². The molecule has 1 aromatic carbocycles. The molecule has 6 heteroatoms. The van der Waals surface area contributed by atoms with E-state index in [4.69, 9.17) is 0 Å². The molecular weight excluding hydrogens is 416 g/mol. The fraction of sp³-hybridized carbons (Fsp3) is 0.545. The van der Waals surface area contributed by atoms with Crippen LogP contribution in [0.4, 0.5) is 5.82 Å². The largest absolute Gasteiger partial charge is 0.310 e. The lowest BCUT2D eigenvalue weighted by molar-refractivity contribution is -0.121. The van der Waals surface area contributed by atoms with Crippen molar-refractivity contribution >= 4 is 38.4 Å². The Balaban J connectivity index is 1.28. The van der Waals surface area contributed by atoms with Gasteiger partial charge in [-0.2, -0.15) is 0 Å². The average molecular weight is 445 g/mol. The normalized spacial score (nSPS) is 24.4. The van der Waals surface area contributed by atoms with E-state index in [2.05, 4.69) is 49.1 Å². The first kappa shape index (κ1) is 19.8. The molecule has 2 aliphatic rings. The first-order valence-electron chi connectivity index (χ1n) is 10.3. The van der Waals surface area contributed by atoms with Gasteiger partial charge in [-0.3, -0.25) is 4.79 Å². The summed E-state index contributed by atoms with van der Waals surface area (Å²) in [5.74, 6) is 1.63. The first-order chi connectivity index (χ1) is 13.6. The van der Waals surface area contributed by atoms with E-state index in [1.165, 1.54) is 32.7 Å². The summed E-state index contributed by atoms with van der Waals surface area (Å²) in [6.45, 7) is 5.91. The van der Waals surface area contributed by atoms with Gasteiger partial charge in [0.05, 0.1) is 0 Å². The number of amides is 1. The van der Waals surface area contributed by atoms with Gasteiger partial charge in [-0.15, -0.1) is 0 Å². The third-order valence-corrected chi connectivity index (χ3v) is 6.76. The van der Waals surface area contributed by atoms with Crippen LogP contribution in [-0.2, 0) is 4.79 Å². The van der Waals surface area contributed by atoms with Crippen molar-refractivity contribution in [3.63, 3.8) is 0 Å². The van der Waals surface area contributed by atoms with Crippen molar-refractivity contribution in [2.24, 2.45) is 11.8 Å². The van der Waals surface area contributed by atoms with Gasteiger partial charge in [-0.1, -0.05) is 22.0 Å². The predicted molar refractivity (Wildman–Crippen MR) is 117 cm³/mol. The van der Waals surface area contributed by atoms with Crippen LogP contribution in [0.25, 0.3) is 10.8 Å². The number of carbonyl (C=O) groups is 1. The van der Waals surface area contributed by atoms with Crippen LogP contribution < -0.4 is 5.32 Å². The van der Waals surface area contributed by atoms with Crippen LogP contribution in [0.15, 0.2) is 34.9 Å². The molecule has 4 rings (SSSR count). The minimum Gasteiger partial charge on any atom is -0.310 e. The SMILES string of the molecule is CN1CCN(CC2CCC(C(=O)Nc3cc4cc(Br)ccc4cn3)CC2)CC1. The summed E-state index contributed by atoms with van der Waals surface area (Å²) >= 11 is 3.50. The van der Waals surface area contributed by atoms with Gasteiger partial charge in [0.15, 0.2) is 0 Å². The maximum Gasteiger partial charge on any atom is 0.228 e. The number of hydrogen-bond acceptors (Lipinski definition) is 4. The van der Waals surface area contributed by atoms with E-state index in [9.17, 15) is 4.79 Å². The highest BCUT2D eigenvalue weighted by molar-refractivity contribution is 9.10. The number of nitrogens with zero attached hydrogens (tertiary/aromatic N) is 3. The van der Waals surface area contributed by atoms with Crippen molar-refractivity contribution in [2.45, 2.75) is 25.7 Å². The Morgan fingerprint density at radius 2 is 1.86 bits per heavy atom. The first-order valence-corrected chi connectivity index (χ1v) is 11.1. The maximum absolute atomic E-state index is 12.7. The van der Waals surface area contributed by atoms with Crippen molar-refractivity contribution in [3.05, 3.63) is 34.9 Å². The summed E-state index contributed by atoms with van der Waals surface area (Å²) in [4.78, 5) is 22.1. The molecule has 0 bridgehead atoms. The van der Waals surface area contributed by atoms with Gasteiger partial charge in [0.1, 0.15) is 5.82 Å². The number of aromatic nitrogens is 1. The number of nitrogens with one attached hydrogen (secondary N) is 1. The summed E-state index contributed by atoms with van der Waals surface area (Å²) in [7, 11) is 2.20. The van der Waals surface area contributed by atoms with Crippen molar-refractivity contribution in [2.75, 3.05) is 45.1 Å². The quantitative estimate of drug-likeness (QED) is 0.774. The standard InChI is InChI=1S/C22H29BrN4O/c1-26-8-10-27(11-9-26)15-16-2-4-17(5-3-16)22(28)25-21-13-19-12-20(23)7-6-18(19)14-24-21/h6-7,12-14,16-17H,2-5,8-11,15H2,1H3,(H,24,25,28). The Morgan fingerprint density at radius 1 is 1.11 bits per heavy atom. The van der Waals surface area contributed by atoms with E-state index in [0.29, 0.717) is 5.82 Å². The van der Waals surface area contributed by atoms with E-state index in [0.717, 1.165) is 46.8 Å². The fourth-order valence-electron chi connectivity index (χ4n) is 4.41. The molecule has 1 amide bonds. The molecule has 0 radical (unpaired) electrons. The summed E-state index contributed by atoms with van der Waals surface area (Å²) < 4.78 is 1.03. The van der Waals surface area contributed by atoms with Crippen LogP contribution in [-0.4, -0.2) is 60.5 Å². The average Bonchev–Trinajstić information content (AvgIpc) is 2.70. The molecule has 0 spiro atoms. The molecule has 5 nitrogen and oxygen atoms in total. The highest BCUT2D eigenvalue weighted by Gasteiger charge is 2.28. The highest BCUT2D eigenvalue weighted by atomic mass is 79.9. The van der Waals surface area contributed by atoms with Gasteiger partial charge in [-0.05, 0) is 62.2 Å². The number of anilines is 1. The molecule has 1 aliphatic carbocycles. The second-order valence-corrected chi connectivity index (χ2v) is 9.29. The number of fused-ring (bicyclic) bond motifs is 1. The van der Waals surface area contributed by atoms with Crippen LogP contribution in [0.3, 0.4) is 0 Å². The van der Waals surface area contributed by atoms with Gasteiger partial charge in [0.2, 0.25) is 5.91 Å². The minimum absolute atomic E-state index is 0.115. The number of likely N-dealkylation sites (N-methyl/N-ethyl adjacent to an activating group) is 1. The van der Waals surface area contributed by atoms with Crippen LogP contribution in [0.5, 0.6) is 0 Å². The number of pyridine rings is 1. The molecule has 1 aromatic heterocycles. The van der Waals surface area contributed by atoms with Crippen molar-refractivity contribution in [1.29, 1.82) is 0 Å². The minimum atomic E-state index is 0.115. The van der Waals surface area contributed by atoms with E-state index < -0.39 is 0 Å². The smallest absolute Gasteiger partial charge is 0.228 e. The number of benzene rings is 1. The van der Waals surface area contributed by atoms with E-state index >= 15 is 0 Å². The van der Waals surface area contributed by atoms with Crippen LogP contribution in [0, 0.1) is 11.8 Å². The zero-order chi connectivity index (χ0) is 19.5. The summed E-state index contributed by atoms with van der Waals surface area (Å²) in [5, 5.41) is 5.20. The van der Waals surface area contributed by atoms with Crippen molar-refractivity contribution in [1.82, 2.24) is 14.8 Å². The number of piperazine rings is 1. The predicted octanol–water partition coefficient (Wildman–Crippen LogP) is 3.99. The highest BCUT2D eigenvalue weighted by Crippen LogP contribution is 2.30.